The van der Waals surface area contributed by atoms with Crippen LogP contribution in [0.5, 0.6) is 11.5 Å². The molecule has 0 aliphatic rings. The highest BCUT2D eigenvalue weighted by atomic mass is 16.5. The molecule has 0 heterocycles. The zero-order chi connectivity index (χ0) is 14.6. The number of unbranched alkanes of at least 4 members (excludes halogenated alkanes) is 1. The summed E-state index contributed by atoms with van der Waals surface area (Å²) < 4.78 is 16.3. The van der Waals surface area contributed by atoms with Gasteiger partial charge in [0.05, 0.1) is 20.3 Å². The monoisotopic (exact) mass is 279 g/mol. The molecule has 0 saturated heterocycles. The molecule has 0 spiro atoms. The summed E-state index contributed by atoms with van der Waals surface area (Å²) in [5.74, 6) is 1.60. The molecule has 1 aromatic rings. The second-order valence-electron chi connectivity index (χ2n) is 4.40. The summed E-state index contributed by atoms with van der Waals surface area (Å²) in [6, 6.07) is 5.94. The van der Waals surface area contributed by atoms with Gasteiger partial charge in [0, 0.05) is 25.8 Å². The van der Waals surface area contributed by atoms with Gasteiger partial charge in [-0.3, -0.25) is 0 Å². The molecule has 0 aliphatic carbocycles. The summed E-state index contributed by atoms with van der Waals surface area (Å²) in [5.41, 5.74) is 1.10. The van der Waals surface area contributed by atoms with Crippen LogP contribution >= 0.6 is 0 Å². The van der Waals surface area contributed by atoms with Crippen LogP contribution in [0.4, 0.5) is 0 Å². The van der Waals surface area contributed by atoms with Crippen LogP contribution in [0.3, 0.4) is 0 Å². The molecule has 0 bridgehead atoms. The highest BCUT2D eigenvalue weighted by Gasteiger charge is 2.10. The van der Waals surface area contributed by atoms with Crippen LogP contribution in [0.1, 0.15) is 18.4 Å². The Bertz CT molecular complexity index is 393. The minimum Gasteiger partial charge on any atom is -0.493 e. The van der Waals surface area contributed by atoms with Gasteiger partial charge in [-0.05, 0) is 18.9 Å². The molecule has 0 radical (unpaired) electrons. The number of hydrogen-bond donors (Lipinski definition) is 1. The molecule has 0 fully saturated rings. The minimum absolute atomic E-state index is 0.664. The van der Waals surface area contributed by atoms with Crippen molar-refractivity contribution in [1.29, 1.82) is 0 Å². The standard InChI is InChI=1S/C16H25NO3/c1-4-5-6-11-20-16-14(13-17-10-12-18-2)8-7-9-15(16)19-3/h4,7-9,17H,1,5-6,10-13H2,2-3H3. The summed E-state index contributed by atoms with van der Waals surface area (Å²) >= 11 is 0. The Labute approximate surface area is 121 Å². The molecule has 0 unspecified atom stereocenters. The molecule has 0 atom stereocenters. The Morgan fingerprint density at radius 2 is 2.10 bits per heavy atom. The van der Waals surface area contributed by atoms with Gasteiger partial charge in [0.25, 0.3) is 0 Å². The van der Waals surface area contributed by atoms with Gasteiger partial charge in [-0.25, -0.2) is 0 Å². The number of hydrogen-bond acceptors (Lipinski definition) is 4. The predicted octanol–water partition coefficient (Wildman–Crippen LogP) is 2.78. The van der Waals surface area contributed by atoms with Crippen LogP contribution in [0.15, 0.2) is 30.9 Å². The molecule has 20 heavy (non-hydrogen) atoms. The van der Waals surface area contributed by atoms with Crippen LogP contribution in [0.2, 0.25) is 0 Å². The molecule has 112 valence electrons. The van der Waals surface area contributed by atoms with Crippen LogP contribution in [-0.4, -0.2) is 34.0 Å². The maximum atomic E-state index is 5.87. The van der Waals surface area contributed by atoms with Crippen molar-refractivity contribution in [2.24, 2.45) is 0 Å². The normalized spacial score (nSPS) is 10.3. The summed E-state index contributed by atoms with van der Waals surface area (Å²) in [7, 11) is 3.36. The Kier molecular flexibility index (Phi) is 8.51. The lowest BCUT2D eigenvalue weighted by molar-refractivity contribution is 0.199. The second-order valence-corrected chi connectivity index (χ2v) is 4.40. The topological polar surface area (TPSA) is 39.7 Å². The summed E-state index contributed by atoms with van der Waals surface area (Å²) in [4.78, 5) is 0. The SMILES string of the molecule is C=CCCCOc1c(CNCCOC)cccc1OC. The number of para-hydroxylation sites is 1. The highest BCUT2D eigenvalue weighted by molar-refractivity contribution is 5.46. The number of allylic oxidation sites excluding steroid dienone is 1. The first kappa shape index (κ1) is 16.5. The van der Waals surface area contributed by atoms with Gasteiger partial charge in [0.1, 0.15) is 0 Å². The third kappa shape index (κ3) is 5.63. The molecular weight excluding hydrogens is 254 g/mol. The van der Waals surface area contributed by atoms with Gasteiger partial charge in [-0.15, -0.1) is 6.58 Å². The van der Waals surface area contributed by atoms with Gasteiger partial charge in [0.2, 0.25) is 0 Å². The molecule has 0 aliphatic heterocycles. The Hall–Kier alpha value is -1.52. The number of ether oxygens (including phenoxy) is 3. The van der Waals surface area contributed by atoms with E-state index < -0.39 is 0 Å². The maximum Gasteiger partial charge on any atom is 0.165 e. The summed E-state index contributed by atoms with van der Waals surface area (Å²) in [6.07, 6.45) is 3.81. The van der Waals surface area contributed by atoms with E-state index >= 15 is 0 Å². The third-order valence-electron chi connectivity index (χ3n) is 2.88. The zero-order valence-electron chi connectivity index (χ0n) is 12.5. The molecule has 4 nitrogen and oxygen atoms in total. The van der Waals surface area contributed by atoms with Crippen LogP contribution in [0, 0.1) is 0 Å². The largest absolute Gasteiger partial charge is 0.493 e. The number of benzene rings is 1. The average Bonchev–Trinajstić information content (AvgIpc) is 2.48. The van der Waals surface area contributed by atoms with Crippen molar-refractivity contribution in [2.75, 3.05) is 34.0 Å². The molecule has 4 heteroatoms. The van der Waals surface area contributed by atoms with E-state index in [2.05, 4.69) is 11.9 Å². The molecule has 0 amide bonds. The van der Waals surface area contributed by atoms with Gasteiger partial charge >= 0.3 is 0 Å². The number of methoxy groups -OCH3 is 2. The lowest BCUT2D eigenvalue weighted by Crippen LogP contribution is -2.19. The lowest BCUT2D eigenvalue weighted by Gasteiger charge is -2.15. The highest BCUT2D eigenvalue weighted by Crippen LogP contribution is 2.31. The van der Waals surface area contributed by atoms with Crippen molar-refractivity contribution in [1.82, 2.24) is 5.32 Å². The molecule has 0 saturated carbocycles. The maximum absolute atomic E-state index is 5.87. The zero-order valence-corrected chi connectivity index (χ0v) is 12.5. The van der Waals surface area contributed by atoms with Crippen LogP contribution in [0.25, 0.3) is 0 Å². The fourth-order valence-electron chi connectivity index (χ4n) is 1.82. The number of nitrogens with one attached hydrogen (secondary N) is 1. The van der Waals surface area contributed by atoms with Crippen LogP contribution < -0.4 is 14.8 Å². The summed E-state index contributed by atoms with van der Waals surface area (Å²) in [6.45, 7) is 6.61. The first-order valence-electron chi connectivity index (χ1n) is 6.92. The van der Waals surface area contributed by atoms with E-state index in [9.17, 15) is 0 Å². The predicted molar refractivity (Wildman–Crippen MR) is 81.5 cm³/mol. The van der Waals surface area contributed by atoms with Gasteiger partial charge in [0.15, 0.2) is 11.5 Å². The second kappa shape index (κ2) is 10.3. The van der Waals surface area contributed by atoms with Crippen molar-refractivity contribution in [3.05, 3.63) is 36.4 Å². The van der Waals surface area contributed by atoms with E-state index in [0.717, 1.165) is 43.0 Å². The first-order chi connectivity index (χ1) is 9.83. The van der Waals surface area contributed by atoms with Crippen molar-refractivity contribution < 1.29 is 14.2 Å². The Balaban J connectivity index is 2.63. The van der Waals surface area contributed by atoms with E-state index in [-0.39, 0.29) is 0 Å². The van der Waals surface area contributed by atoms with Crippen molar-refractivity contribution >= 4 is 0 Å². The smallest absolute Gasteiger partial charge is 0.165 e. The molecular formula is C16H25NO3. The third-order valence-corrected chi connectivity index (χ3v) is 2.88. The molecule has 0 aromatic heterocycles. The molecule has 1 aromatic carbocycles. The van der Waals surface area contributed by atoms with E-state index in [1.165, 1.54) is 0 Å². The minimum atomic E-state index is 0.664. The van der Waals surface area contributed by atoms with E-state index in [4.69, 9.17) is 14.2 Å². The van der Waals surface area contributed by atoms with E-state index in [0.29, 0.717) is 13.2 Å². The fourth-order valence-corrected chi connectivity index (χ4v) is 1.82. The van der Waals surface area contributed by atoms with Crippen LogP contribution in [-0.2, 0) is 11.3 Å². The van der Waals surface area contributed by atoms with E-state index in [1.54, 1.807) is 14.2 Å². The quantitative estimate of drug-likeness (QED) is 0.499. The van der Waals surface area contributed by atoms with Gasteiger partial charge in [-0.1, -0.05) is 18.2 Å². The lowest BCUT2D eigenvalue weighted by atomic mass is 10.2. The van der Waals surface area contributed by atoms with Gasteiger partial charge < -0.3 is 19.5 Å². The number of rotatable bonds is 11. The Morgan fingerprint density at radius 3 is 2.80 bits per heavy atom. The first-order valence-corrected chi connectivity index (χ1v) is 6.92. The van der Waals surface area contributed by atoms with Crippen molar-refractivity contribution in [2.45, 2.75) is 19.4 Å². The fraction of sp³-hybridized carbons (Fsp3) is 0.500. The summed E-state index contributed by atoms with van der Waals surface area (Å²) in [5, 5.41) is 3.32. The van der Waals surface area contributed by atoms with Crippen molar-refractivity contribution in [3.8, 4) is 11.5 Å². The van der Waals surface area contributed by atoms with Gasteiger partial charge in [-0.2, -0.15) is 0 Å². The molecule has 1 rings (SSSR count). The average molecular weight is 279 g/mol. The molecule has 1 N–H and O–H groups in total. The van der Waals surface area contributed by atoms with Crippen molar-refractivity contribution in [3.63, 3.8) is 0 Å². The van der Waals surface area contributed by atoms with E-state index in [1.807, 2.05) is 24.3 Å². The Morgan fingerprint density at radius 1 is 1.25 bits per heavy atom.